The van der Waals surface area contributed by atoms with Crippen LogP contribution in [0.2, 0.25) is 0 Å². The number of hydrogen-bond acceptors (Lipinski definition) is 2. The van der Waals surface area contributed by atoms with Gasteiger partial charge in [-0.1, -0.05) is 27.2 Å². The first kappa shape index (κ1) is 12.3. The van der Waals surface area contributed by atoms with Crippen LogP contribution in [0.25, 0.3) is 0 Å². The minimum Gasteiger partial charge on any atom is -0.305 e. The minimum atomic E-state index is 0.942. The average molecular weight is 189 g/mol. The van der Waals surface area contributed by atoms with Gasteiger partial charge in [0, 0.05) is 18.8 Å². The van der Waals surface area contributed by atoms with Gasteiger partial charge in [-0.05, 0) is 18.7 Å². The lowest BCUT2D eigenvalue weighted by atomic mass is 10.1. The molecule has 0 aromatic heterocycles. The second-order valence-corrected chi connectivity index (χ2v) is 4.26. The Kier molecular flexibility index (Phi) is 8.14. The molecule has 12 heavy (non-hydrogen) atoms. The summed E-state index contributed by atoms with van der Waals surface area (Å²) in [7, 11) is 2.23. The normalized spacial score (nSPS) is 25.5. The molecule has 1 aliphatic heterocycles. The van der Waals surface area contributed by atoms with Gasteiger partial charge in [0.05, 0.1) is 0 Å². The van der Waals surface area contributed by atoms with Crippen LogP contribution in [0.4, 0.5) is 0 Å². The zero-order chi connectivity index (χ0) is 9.40. The van der Waals surface area contributed by atoms with Crippen LogP contribution >= 0.6 is 11.8 Å². The van der Waals surface area contributed by atoms with E-state index in [4.69, 9.17) is 0 Å². The maximum absolute atomic E-state index is 2.45. The van der Waals surface area contributed by atoms with Crippen molar-refractivity contribution < 1.29 is 0 Å². The Balaban J connectivity index is 0.000000561. The Morgan fingerprint density at radius 1 is 1.42 bits per heavy atom. The van der Waals surface area contributed by atoms with Crippen molar-refractivity contribution in [2.24, 2.45) is 5.92 Å². The third-order valence-electron chi connectivity index (χ3n) is 2.12. The number of thioether (sulfide) groups is 1. The summed E-state index contributed by atoms with van der Waals surface area (Å²) in [5.41, 5.74) is 0. The zero-order valence-electron chi connectivity index (χ0n) is 8.97. The molecular formula is C10H23NS. The number of rotatable bonds is 1. The molecule has 1 nitrogen and oxygen atoms in total. The molecule has 1 saturated heterocycles. The maximum atomic E-state index is 2.45. The first-order valence-corrected chi connectivity index (χ1v) is 6.24. The van der Waals surface area contributed by atoms with Crippen molar-refractivity contribution in [1.29, 1.82) is 0 Å². The van der Waals surface area contributed by atoms with E-state index in [-0.39, 0.29) is 0 Å². The molecule has 0 aromatic rings. The molecule has 0 N–H and O–H groups in total. The van der Waals surface area contributed by atoms with Gasteiger partial charge < -0.3 is 4.90 Å². The molecule has 0 spiro atoms. The van der Waals surface area contributed by atoms with Crippen molar-refractivity contribution >= 4 is 11.8 Å². The van der Waals surface area contributed by atoms with Crippen LogP contribution in [0.1, 0.15) is 27.2 Å². The molecule has 0 aromatic carbocycles. The molecule has 0 amide bonds. The summed E-state index contributed by atoms with van der Waals surface area (Å²) in [4.78, 5) is 2.45. The van der Waals surface area contributed by atoms with E-state index in [9.17, 15) is 0 Å². The molecule has 0 saturated carbocycles. The van der Waals surface area contributed by atoms with Crippen molar-refractivity contribution in [2.75, 3.05) is 31.6 Å². The van der Waals surface area contributed by atoms with Crippen LogP contribution in [0.5, 0.6) is 0 Å². The van der Waals surface area contributed by atoms with Gasteiger partial charge in [0.2, 0.25) is 0 Å². The Morgan fingerprint density at radius 3 is 2.67 bits per heavy atom. The van der Waals surface area contributed by atoms with Crippen molar-refractivity contribution in [1.82, 2.24) is 4.90 Å². The maximum Gasteiger partial charge on any atom is 0.00694 e. The van der Waals surface area contributed by atoms with Gasteiger partial charge >= 0.3 is 0 Å². The lowest BCUT2D eigenvalue weighted by Gasteiger charge is -2.17. The predicted molar refractivity (Wildman–Crippen MR) is 60.0 cm³/mol. The summed E-state index contributed by atoms with van der Waals surface area (Å²) in [5, 5.41) is 0. The summed E-state index contributed by atoms with van der Waals surface area (Å²) in [6.45, 7) is 8.88. The molecule has 0 aliphatic carbocycles. The summed E-state index contributed by atoms with van der Waals surface area (Å²) in [6.07, 6.45) is 1.34. The molecule has 0 radical (unpaired) electrons. The van der Waals surface area contributed by atoms with Crippen molar-refractivity contribution in [3.63, 3.8) is 0 Å². The first-order valence-electron chi connectivity index (χ1n) is 5.09. The summed E-state index contributed by atoms with van der Waals surface area (Å²) >= 11 is 2.11. The summed E-state index contributed by atoms with van der Waals surface area (Å²) in [5.74, 6) is 3.64. The molecular weight excluding hydrogens is 166 g/mol. The molecule has 1 unspecified atom stereocenters. The second kappa shape index (κ2) is 7.93. The molecule has 1 rings (SSSR count). The van der Waals surface area contributed by atoms with E-state index in [1.165, 1.54) is 31.0 Å². The van der Waals surface area contributed by atoms with Crippen LogP contribution < -0.4 is 0 Å². The Hall–Kier alpha value is 0.310. The predicted octanol–water partition coefficient (Wildman–Crippen LogP) is 2.72. The third kappa shape index (κ3) is 5.04. The smallest absolute Gasteiger partial charge is 0.00694 e. The van der Waals surface area contributed by atoms with Crippen LogP contribution in [0, 0.1) is 5.92 Å². The highest BCUT2D eigenvalue weighted by Gasteiger charge is 2.13. The largest absolute Gasteiger partial charge is 0.305 e. The van der Waals surface area contributed by atoms with Crippen molar-refractivity contribution in [3.8, 4) is 0 Å². The van der Waals surface area contributed by atoms with Gasteiger partial charge in [-0.2, -0.15) is 11.8 Å². The van der Waals surface area contributed by atoms with E-state index in [0.29, 0.717) is 0 Å². The van der Waals surface area contributed by atoms with E-state index < -0.39 is 0 Å². The Labute approximate surface area is 81.9 Å². The summed E-state index contributed by atoms with van der Waals surface area (Å²) < 4.78 is 0. The van der Waals surface area contributed by atoms with Crippen molar-refractivity contribution in [2.45, 2.75) is 27.2 Å². The fourth-order valence-electron chi connectivity index (χ4n) is 1.30. The average Bonchev–Trinajstić information content (AvgIpc) is 2.33. The van der Waals surface area contributed by atoms with Gasteiger partial charge in [0.25, 0.3) is 0 Å². The van der Waals surface area contributed by atoms with Gasteiger partial charge in [-0.15, -0.1) is 0 Å². The summed E-state index contributed by atoms with van der Waals surface area (Å²) in [6, 6.07) is 0. The second-order valence-electron chi connectivity index (χ2n) is 3.11. The molecule has 1 atom stereocenters. The van der Waals surface area contributed by atoms with Crippen LogP contribution in [0.3, 0.4) is 0 Å². The topological polar surface area (TPSA) is 3.24 Å². The van der Waals surface area contributed by atoms with E-state index in [1.54, 1.807) is 0 Å². The van der Waals surface area contributed by atoms with Gasteiger partial charge in [0.15, 0.2) is 0 Å². The van der Waals surface area contributed by atoms with Gasteiger partial charge in [0.1, 0.15) is 0 Å². The van der Waals surface area contributed by atoms with Gasteiger partial charge in [-0.3, -0.25) is 0 Å². The van der Waals surface area contributed by atoms with Gasteiger partial charge in [-0.25, -0.2) is 0 Å². The minimum absolute atomic E-state index is 0.942. The Morgan fingerprint density at radius 2 is 2.08 bits per heavy atom. The van der Waals surface area contributed by atoms with E-state index >= 15 is 0 Å². The van der Waals surface area contributed by atoms with Crippen LogP contribution in [-0.4, -0.2) is 36.5 Å². The lowest BCUT2D eigenvalue weighted by Crippen LogP contribution is -2.25. The number of hydrogen-bond donors (Lipinski definition) is 0. The molecule has 2 heteroatoms. The highest BCUT2D eigenvalue weighted by Crippen LogP contribution is 2.16. The SMILES string of the molecule is CC.CCC1CSCCN(C)C1. The van der Waals surface area contributed by atoms with E-state index in [2.05, 4.69) is 30.6 Å². The molecule has 0 bridgehead atoms. The van der Waals surface area contributed by atoms with Crippen LogP contribution in [0.15, 0.2) is 0 Å². The number of nitrogens with zero attached hydrogens (tertiary/aromatic N) is 1. The van der Waals surface area contributed by atoms with Crippen LogP contribution in [-0.2, 0) is 0 Å². The highest BCUT2D eigenvalue weighted by molar-refractivity contribution is 7.99. The Bertz CT molecular complexity index is 95.8. The lowest BCUT2D eigenvalue weighted by molar-refractivity contribution is 0.306. The quantitative estimate of drug-likeness (QED) is 0.624. The highest BCUT2D eigenvalue weighted by atomic mass is 32.2. The molecule has 1 heterocycles. The first-order chi connectivity index (χ1) is 5.83. The zero-order valence-corrected chi connectivity index (χ0v) is 9.78. The molecule has 1 aliphatic rings. The fourth-order valence-corrected chi connectivity index (χ4v) is 2.58. The monoisotopic (exact) mass is 189 g/mol. The third-order valence-corrected chi connectivity index (χ3v) is 3.30. The fraction of sp³-hybridized carbons (Fsp3) is 1.00. The van der Waals surface area contributed by atoms with E-state index in [0.717, 1.165) is 5.92 Å². The standard InChI is InChI=1S/C8H17NS.C2H6/c1-3-8-6-9(2)4-5-10-7-8;1-2/h8H,3-7H2,1-2H3;1-2H3. The molecule has 74 valence electrons. The molecule has 1 fully saturated rings. The van der Waals surface area contributed by atoms with Crippen molar-refractivity contribution in [3.05, 3.63) is 0 Å². The van der Waals surface area contributed by atoms with E-state index in [1.807, 2.05) is 13.8 Å².